The quantitative estimate of drug-likeness (QED) is 0.144. The summed E-state index contributed by atoms with van der Waals surface area (Å²) < 4.78 is 11.0. The molecular weight excluding hydrogens is 356 g/mol. The number of allylic oxidation sites excluding steroid dienone is 2. The standard InChI is InChI=1S/C19H35BrO3/c1-3-5-6-7-8-10-13-16-22-18(4-2)19(21)23-17-14-11-9-12-15-20/h5-6,18H,3-4,7-17H2,1-2H3/b6-5-. The van der Waals surface area contributed by atoms with Crippen LogP contribution in [-0.2, 0) is 14.3 Å². The summed E-state index contributed by atoms with van der Waals surface area (Å²) >= 11 is 3.42. The van der Waals surface area contributed by atoms with E-state index in [2.05, 4.69) is 35.0 Å². The molecule has 1 unspecified atom stereocenters. The Morgan fingerprint density at radius 2 is 1.65 bits per heavy atom. The molecule has 0 amide bonds. The summed E-state index contributed by atoms with van der Waals surface area (Å²) in [6, 6.07) is 0. The van der Waals surface area contributed by atoms with E-state index in [4.69, 9.17) is 9.47 Å². The van der Waals surface area contributed by atoms with E-state index in [1.165, 1.54) is 19.3 Å². The number of rotatable bonds is 16. The number of ether oxygens (including phenoxy) is 2. The molecule has 0 aromatic heterocycles. The Hall–Kier alpha value is -0.350. The topological polar surface area (TPSA) is 35.5 Å². The first-order valence-electron chi connectivity index (χ1n) is 9.25. The predicted molar refractivity (Wildman–Crippen MR) is 101 cm³/mol. The van der Waals surface area contributed by atoms with Gasteiger partial charge < -0.3 is 9.47 Å². The molecule has 0 saturated heterocycles. The Morgan fingerprint density at radius 3 is 2.35 bits per heavy atom. The fraction of sp³-hybridized carbons (Fsp3) is 0.842. The molecule has 4 heteroatoms. The molecule has 0 fully saturated rings. The summed E-state index contributed by atoms with van der Waals surface area (Å²) in [5.41, 5.74) is 0. The van der Waals surface area contributed by atoms with Crippen molar-refractivity contribution in [3.8, 4) is 0 Å². The van der Waals surface area contributed by atoms with Crippen molar-refractivity contribution >= 4 is 21.9 Å². The van der Waals surface area contributed by atoms with Gasteiger partial charge >= 0.3 is 5.97 Å². The molecule has 0 heterocycles. The number of carbonyl (C=O) groups excluding carboxylic acids is 1. The van der Waals surface area contributed by atoms with Gasteiger partial charge in [0.05, 0.1) is 6.61 Å². The lowest BCUT2D eigenvalue weighted by atomic mass is 10.2. The second kappa shape index (κ2) is 18.0. The Labute approximate surface area is 151 Å². The van der Waals surface area contributed by atoms with E-state index < -0.39 is 6.10 Å². The number of esters is 1. The average Bonchev–Trinajstić information content (AvgIpc) is 2.56. The number of unbranched alkanes of at least 4 members (excludes halogenated alkanes) is 6. The minimum absolute atomic E-state index is 0.195. The summed E-state index contributed by atoms with van der Waals surface area (Å²) in [7, 11) is 0. The zero-order valence-electron chi connectivity index (χ0n) is 15.0. The smallest absolute Gasteiger partial charge is 0.335 e. The van der Waals surface area contributed by atoms with Gasteiger partial charge in [-0.25, -0.2) is 4.79 Å². The molecule has 136 valence electrons. The van der Waals surface area contributed by atoms with E-state index in [-0.39, 0.29) is 5.97 Å². The van der Waals surface area contributed by atoms with E-state index in [9.17, 15) is 4.79 Å². The Kier molecular flexibility index (Phi) is 17.7. The Morgan fingerprint density at radius 1 is 0.957 bits per heavy atom. The minimum Gasteiger partial charge on any atom is -0.464 e. The Balaban J connectivity index is 3.59. The van der Waals surface area contributed by atoms with Crippen LogP contribution in [0.4, 0.5) is 0 Å². The SMILES string of the molecule is CC/C=C\CCCCCOC(CC)C(=O)OCCCCCCBr. The monoisotopic (exact) mass is 390 g/mol. The fourth-order valence-electron chi connectivity index (χ4n) is 2.22. The number of hydrogen-bond acceptors (Lipinski definition) is 3. The summed E-state index contributed by atoms with van der Waals surface area (Å²) in [6.07, 6.45) is 14.8. The lowest BCUT2D eigenvalue weighted by Gasteiger charge is -2.15. The van der Waals surface area contributed by atoms with Crippen molar-refractivity contribution in [1.82, 2.24) is 0 Å². The van der Waals surface area contributed by atoms with Crippen LogP contribution in [0.3, 0.4) is 0 Å². The molecule has 23 heavy (non-hydrogen) atoms. The molecule has 0 radical (unpaired) electrons. The van der Waals surface area contributed by atoms with Crippen LogP contribution in [0.15, 0.2) is 12.2 Å². The average molecular weight is 391 g/mol. The van der Waals surface area contributed by atoms with Crippen LogP contribution in [0.25, 0.3) is 0 Å². The first kappa shape index (κ1) is 22.6. The van der Waals surface area contributed by atoms with Gasteiger partial charge in [-0.2, -0.15) is 0 Å². The van der Waals surface area contributed by atoms with Gasteiger partial charge in [0.15, 0.2) is 6.10 Å². The summed E-state index contributed by atoms with van der Waals surface area (Å²) in [4.78, 5) is 11.9. The number of halogens is 1. The fourth-order valence-corrected chi connectivity index (χ4v) is 2.62. The van der Waals surface area contributed by atoms with Crippen LogP contribution in [0.5, 0.6) is 0 Å². The van der Waals surface area contributed by atoms with Crippen molar-refractivity contribution < 1.29 is 14.3 Å². The van der Waals surface area contributed by atoms with Crippen LogP contribution in [-0.4, -0.2) is 30.6 Å². The third-order valence-corrected chi connectivity index (χ3v) is 4.20. The van der Waals surface area contributed by atoms with Crippen LogP contribution in [0.1, 0.15) is 78.1 Å². The van der Waals surface area contributed by atoms with Crippen LogP contribution in [0.2, 0.25) is 0 Å². The summed E-state index contributed by atoms with van der Waals surface area (Å²) in [5, 5.41) is 1.05. The molecule has 0 spiro atoms. The highest BCUT2D eigenvalue weighted by atomic mass is 79.9. The van der Waals surface area contributed by atoms with E-state index in [0.29, 0.717) is 19.6 Å². The molecule has 0 saturated carbocycles. The van der Waals surface area contributed by atoms with Crippen molar-refractivity contribution in [1.29, 1.82) is 0 Å². The van der Waals surface area contributed by atoms with Gasteiger partial charge in [-0.05, 0) is 44.9 Å². The van der Waals surface area contributed by atoms with Crippen molar-refractivity contribution in [2.24, 2.45) is 0 Å². The summed E-state index contributed by atoms with van der Waals surface area (Å²) in [5.74, 6) is -0.195. The Bertz CT molecular complexity index is 292. The lowest BCUT2D eigenvalue weighted by molar-refractivity contribution is -0.157. The molecular formula is C19H35BrO3. The first-order chi connectivity index (χ1) is 11.3. The maximum atomic E-state index is 11.9. The molecule has 0 bridgehead atoms. The van der Waals surface area contributed by atoms with Gasteiger partial charge in [0.2, 0.25) is 0 Å². The van der Waals surface area contributed by atoms with Crippen molar-refractivity contribution in [3.05, 3.63) is 12.2 Å². The van der Waals surface area contributed by atoms with E-state index >= 15 is 0 Å². The normalized spacial score (nSPS) is 12.7. The van der Waals surface area contributed by atoms with E-state index in [1.807, 2.05) is 6.92 Å². The first-order valence-corrected chi connectivity index (χ1v) is 10.4. The maximum absolute atomic E-state index is 11.9. The van der Waals surface area contributed by atoms with Gasteiger partial charge in [-0.15, -0.1) is 0 Å². The largest absolute Gasteiger partial charge is 0.464 e. The third kappa shape index (κ3) is 14.9. The lowest BCUT2D eigenvalue weighted by Crippen LogP contribution is -2.26. The van der Waals surface area contributed by atoms with Gasteiger partial charge in [0.1, 0.15) is 0 Å². The molecule has 1 atom stereocenters. The highest BCUT2D eigenvalue weighted by Crippen LogP contribution is 2.07. The highest BCUT2D eigenvalue weighted by Gasteiger charge is 2.18. The van der Waals surface area contributed by atoms with Crippen LogP contribution >= 0.6 is 15.9 Å². The second-order valence-electron chi connectivity index (χ2n) is 5.77. The predicted octanol–water partition coefficient (Wildman–Crippen LogP) is 5.81. The number of carbonyl (C=O) groups is 1. The minimum atomic E-state index is -0.391. The molecule has 0 aliphatic heterocycles. The van der Waals surface area contributed by atoms with Crippen LogP contribution < -0.4 is 0 Å². The van der Waals surface area contributed by atoms with Gasteiger partial charge in [-0.1, -0.05) is 61.2 Å². The molecule has 0 rings (SSSR count). The van der Waals surface area contributed by atoms with Gasteiger partial charge in [0.25, 0.3) is 0 Å². The number of alkyl halides is 1. The molecule has 0 aromatic carbocycles. The number of hydrogen-bond donors (Lipinski definition) is 0. The molecule has 3 nitrogen and oxygen atoms in total. The van der Waals surface area contributed by atoms with Crippen molar-refractivity contribution in [2.75, 3.05) is 18.5 Å². The summed E-state index contributed by atoms with van der Waals surface area (Å²) in [6.45, 7) is 5.29. The van der Waals surface area contributed by atoms with Crippen molar-refractivity contribution in [2.45, 2.75) is 84.2 Å². The van der Waals surface area contributed by atoms with Crippen LogP contribution in [0, 0.1) is 0 Å². The zero-order valence-corrected chi connectivity index (χ0v) is 16.6. The second-order valence-corrected chi connectivity index (χ2v) is 6.56. The van der Waals surface area contributed by atoms with E-state index in [0.717, 1.165) is 43.9 Å². The van der Waals surface area contributed by atoms with Crippen molar-refractivity contribution in [3.63, 3.8) is 0 Å². The van der Waals surface area contributed by atoms with Gasteiger partial charge in [-0.3, -0.25) is 0 Å². The zero-order chi connectivity index (χ0) is 17.2. The van der Waals surface area contributed by atoms with Gasteiger partial charge in [0, 0.05) is 11.9 Å². The molecule has 0 aliphatic rings. The van der Waals surface area contributed by atoms with E-state index in [1.54, 1.807) is 0 Å². The molecule has 0 N–H and O–H groups in total. The third-order valence-electron chi connectivity index (χ3n) is 3.64. The molecule has 0 aromatic rings. The molecule has 0 aliphatic carbocycles. The maximum Gasteiger partial charge on any atom is 0.335 e. The highest BCUT2D eigenvalue weighted by molar-refractivity contribution is 9.09.